The van der Waals surface area contributed by atoms with E-state index in [1.54, 1.807) is 0 Å². The van der Waals surface area contributed by atoms with E-state index in [1.807, 2.05) is 0 Å². The maximum Gasteiger partial charge on any atom is 0.423 e. The Balaban J connectivity index is 2.82. The average molecular weight is 454 g/mol. The monoisotopic (exact) mass is 454 g/mol. The summed E-state index contributed by atoms with van der Waals surface area (Å²) in [6, 6.07) is 0. The van der Waals surface area contributed by atoms with E-state index in [2.05, 4.69) is 9.47 Å². The molecular formula is C16H5F11O3. The predicted octanol–water partition coefficient (Wildman–Crippen LogP) is 5.93. The lowest BCUT2D eigenvalue weighted by molar-refractivity contribution is -0.144. The van der Waals surface area contributed by atoms with Crippen molar-refractivity contribution in [1.29, 1.82) is 0 Å². The van der Waals surface area contributed by atoms with Crippen LogP contribution in [0.25, 0.3) is 0 Å². The number of ether oxygens (including phenoxy) is 2. The number of benzene rings is 2. The number of hydrogen-bond donors (Lipinski definition) is 0. The second-order valence-corrected chi connectivity index (χ2v) is 5.30. The summed E-state index contributed by atoms with van der Waals surface area (Å²) in [5.41, 5.74) is -2.75. The van der Waals surface area contributed by atoms with Gasteiger partial charge in [-0.15, -0.1) is 0 Å². The molecule has 14 heteroatoms. The molecule has 0 N–H and O–H groups in total. The largest absolute Gasteiger partial charge is 0.444 e. The van der Waals surface area contributed by atoms with Gasteiger partial charge in [0.2, 0.25) is 52.2 Å². The third kappa shape index (κ3) is 3.85. The van der Waals surface area contributed by atoms with Gasteiger partial charge in [0.05, 0.1) is 0 Å². The van der Waals surface area contributed by atoms with E-state index in [-0.39, 0.29) is 0 Å². The van der Waals surface area contributed by atoms with E-state index < -0.39 is 87.9 Å². The van der Waals surface area contributed by atoms with Crippen LogP contribution in [0.15, 0.2) is 0 Å². The van der Waals surface area contributed by atoms with Gasteiger partial charge in [0.15, 0.2) is 11.6 Å². The van der Waals surface area contributed by atoms with E-state index in [4.69, 9.17) is 0 Å². The van der Waals surface area contributed by atoms with Crippen molar-refractivity contribution in [3.8, 4) is 17.2 Å². The first-order valence-corrected chi connectivity index (χ1v) is 7.41. The van der Waals surface area contributed by atoms with Crippen LogP contribution in [-0.2, 0) is 11.0 Å². The van der Waals surface area contributed by atoms with Crippen molar-refractivity contribution in [3.05, 3.63) is 52.1 Å². The molecule has 0 aliphatic rings. The molecule has 0 aliphatic carbocycles. The van der Waals surface area contributed by atoms with Gasteiger partial charge >= 0.3 is 12.1 Å². The summed E-state index contributed by atoms with van der Waals surface area (Å²) in [4.78, 5) is 11.2. The first-order chi connectivity index (χ1) is 13.7. The molecule has 164 valence electrons. The van der Waals surface area contributed by atoms with Crippen LogP contribution in [0.2, 0.25) is 0 Å². The third-order valence-corrected chi connectivity index (χ3v) is 3.40. The molecule has 0 aromatic heterocycles. The van der Waals surface area contributed by atoms with Gasteiger partial charge in [-0.1, -0.05) is 6.92 Å². The zero-order chi connectivity index (χ0) is 23.1. The molecule has 0 spiro atoms. The third-order valence-electron chi connectivity index (χ3n) is 3.40. The molecule has 0 radical (unpaired) electrons. The molecule has 2 aromatic carbocycles. The fourth-order valence-electron chi connectivity index (χ4n) is 2.02. The van der Waals surface area contributed by atoms with Crippen molar-refractivity contribution >= 4 is 5.97 Å². The summed E-state index contributed by atoms with van der Waals surface area (Å²) in [6.45, 7) is 1.03. The zero-order valence-corrected chi connectivity index (χ0v) is 14.1. The standard InChI is InChI=1S/C16H5F11O3/c1-2-3(28)29-13-4(16(25,26)27)5(17)9(21)15(12(13)24)30-14-10(22)7(19)6(18)8(20)11(14)23/h2H2,1H3. The van der Waals surface area contributed by atoms with Crippen LogP contribution in [0.4, 0.5) is 48.3 Å². The van der Waals surface area contributed by atoms with Crippen LogP contribution in [0, 0.1) is 46.5 Å². The number of esters is 1. The highest BCUT2D eigenvalue weighted by Gasteiger charge is 2.44. The van der Waals surface area contributed by atoms with E-state index in [0.29, 0.717) is 0 Å². The lowest BCUT2D eigenvalue weighted by Crippen LogP contribution is -2.18. The molecule has 3 nitrogen and oxygen atoms in total. The number of hydrogen-bond acceptors (Lipinski definition) is 3. The number of rotatable bonds is 4. The summed E-state index contributed by atoms with van der Waals surface area (Å²) in [5.74, 6) is -30.4. The van der Waals surface area contributed by atoms with Gasteiger partial charge in [0, 0.05) is 6.42 Å². The van der Waals surface area contributed by atoms with Crippen LogP contribution >= 0.6 is 0 Å². The van der Waals surface area contributed by atoms with Crippen molar-refractivity contribution < 1.29 is 62.6 Å². The first kappa shape index (κ1) is 23.2. The summed E-state index contributed by atoms with van der Waals surface area (Å²) in [6.07, 6.45) is -6.51. The summed E-state index contributed by atoms with van der Waals surface area (Å²) in [5, 5.41) is 0. The first-order valence-electron chi connectivity index (χ1n) is 7.41. The Hall–Kier alpha value is -3.06. The van der Waals surface area contributed by atoms with E-state index in [1.165, 1.54) is 0 Å². The van der Waals surface area contributed by atoms with Gasteiger partial charge < -0.3 is 9.47 Å². The minimum absolute atomic E-state index is 0.677. The molecule has 2 rings (SSSR count). The van der Waals surface area contributed by atoms with Crippen molar-refractivity contribution in [2.45, 2.75) is 19.5 Å². The number of carbonyl (C=O) groups is 1. The van der Waals surface area contributed by atoms with E-state index in [0.717, 1.165) is 6.92 Å². The molecule has 0 saturated carbocycles. The highest BCUT2D eigenvalue weighted by atomic mass is 19.4. The molecule has 0 unspecified atom stereocenters. The van der Waals surface area contributed by atoms with Gasteiger partial charge in [-0.2, -0.15) is 30.7 Å². The van der Waals surface area contributed by atoms with Crippen LogP contribution in [0.3, 0.4) is 0 Å². The molecule has 0 aliphatic heterocycles. The topological polar surface area (TPSA) is 35.5 Å². The zero-order valence-electron chi connectivity index (χ0n) is 14.1. The molecule has 0 fully saturated rings. The molecular weight excluding hydrogens is 449 g/mol. The summed E-state index contributed by atoms with van der Waals surface area (Å²) in [7, 11) is 0. The Bertz CT molecular complexity index is 1000. The molecule has 0 heterocycles. The Labute approximate surface area is 158 Å². The van der Waals surface area contributed by atoms with E-state index in [9.17, 15) is 53.1 Å². The second kappa shape index (κ2) is 7.99. The lowest BCUT2D eigenvalue weighted by atomic mass is 10.1. The highest BCUT2D eigenvalue weighted by Crippen LogP contribution is 2.46. The molecule has 30 heavy (non-hydrogen) atoms. The lowest BCUT2D eigenvalue weighted by Gasteiger charge is -2.18. The van der Waals surface area contributed by atoms with Crippen LogP contribution < -0.4 is 9.47 Å². The smallest absolute Gasteiger partial charge is 0.423 e. The fourth-order valence-corrected chi connectivity index (χ4v) is 2.02. The maximum atomic E-state index is 14.4. The van der Waals surface area contributed by atoms with Gasteiger partial charge in [0.1, 0.15) is 5.56 Å². The number of carbonyl (C=O) groups excluding carboxylic acids is 1. The summed E-state index contributed by atoms with van der Waals surface area (Å²) < 4.78 is 156. The highest BCUT2D eigenvalue weighted by molar-refractivity contribution is 5.73. The number of alkyl halides is 3. The molecule has 0 atom stereocenters. The fraction of sp³-hybridized carbons (Fsp3) is 0.188. The quantitative estimate of drug-likeness (QED) is 0.189. The molecule has 0 saturated heterocycles. The Morgan fingerprint density at radius 3 is 1.50 bits per heavy atom. The second-order valence-electron chi connectivity index (χ2n) is 5.30. The van der Waals surface area contributed by atoms with Crippen molar-refractivity contribution in [1.82, 2.24) is 0 Å². The van der Waals surface area contributed by atoms with Crippen LogP contribution in [0.1, 0.15) is 18.9 Å². The van der Waals surface area contributed by atoms with E-state index >= 15 is 0 Å². The normalized spacial score (nSPS) is 11.6. The van der Waals surface area contributed by atoms with Crippen molar-refractivity contribution in [2.24, 2.45) is 0 Å². The summed E-state index contributed by atoms with van der Waals surface area (Å²) >= 11 is 0. The SMILES string of the molecule is CCC(=O)Oc1c(F)c(Oc2c(F)c(F)c(F)c(F)c2F)c(F)c(F)c1C(F)(F)F. The van der Waals surface area contributed by atoms with Gasteiger partial charge in [-0.05, 0) is 0 Å². The van der Waals surface area contributed by atoms with Crippen molar-refractivity contribution in [3.63, 3.8) is 0 Å². The van der Waals surface area contributed by atoms with Gasteiger partial charge in [-0.25, -0.2) is 17.6 Å². The van der Waals surface area contributed by atoms with Gasteiger partial charge in [-0.3, -0.25) is 4.79 Å². The average Bonchev–Trinajstić information content (AvgIpc) is 2.67. The Kier molecular flexibility index (Phi) is 6.18. The van der Waals surface area contributed by atoms with Crippen LogP contribution in [-0.4, -0.2) is 5.97 Å². The van der Waals surface area contributed by atoms with Crippen LogP contribution in [0.5, 0.6) is 17.2 Å². The van der Waals surface area contributed by atoms with Crippen molar-refractivity contribution in [2.75, 3.05) is 0 Å². The molecule has 0 bridgehead atoms. The van der Waals surface area contributed by atoms with Gasteiger partial charge in [0.25, 0.3) is 0 Å². The molecule has 0 amide bonds. The maximum absolute atomic E-state index is 14.4. The predicted molar refractivity (Wildman–Crippen MR) is 73.5 cm³/mol. The minimum Gasteiger partial charge on any atom is -0.444 e. The molecule has 2 aromatic rings. The Morgan fingerprint density at radius 1 is 0.667 bits per heavy atom. The minimum atomic E-state index is -5.84. The number of halogens is 11. The Morgan fingerprint density at radius 2 is 1.07 bits per heavy atom.